The summed E-state index contributed by atoms with van der Waals surface area (Å²) in [5.74, 6) is 1.57. The molecule has 0 radical (unpaired) electrons. The van der Waals surface area contributed by atoms with Crippen molar-refractivity contribution in [3.63, 3.8) is 0 Å². The summed E-state index contributed by atoms with van der Waals surface area (Å²) in [6.45, 7) is 3.57. The largest absolute Gasteiger partial charge is 0.456 e. The monoisotopic (exact) mass is 395 g/mol. The Morgan fingerprint density at radius 2 is 2.11 bits per heavy atom. The highest BCUT2D eigenvalue weighted by atomic mass is 32.1. The molecule has 140 valence electrons. The van der Waals surface area contributed by atoms with E-state index in [-0.39, 0.29) is 12.2 Å². The predicted molar refractivity (Wildman–Crippen MR) is 101 cm³/mol. The molecule has 0 saturated heterocycles. The van der Waals surface area contributed by atoms with Gasteiger partial charge >= 0.3 is 5.69 Å². The van der Waals surface area contributed by atoms with E-state index in [0.717, 1.165) is 10.2 Å². The first kappa shape index (κ1) is 16.6. The summed E-state index contributed by atoms with van der Waals surface area (Å²) >= 11 is 1.55. The lowest BCUT2D eigenvalue weighted by atomic mass is 10.3. The molecular formula is C17H13N7O3S. The fourth-order valence-corrected chi connectivity index (χ4v) is 3.93. The predicted octanol–water partition coefficient (Wildman–Crippen LogP) is 3.37. The number of furan rings is 1. The molecule has 10 nitrogen and oxygen atoms in total. The minimum Gasteiger partial charge on any atom is -0.456 e. The molecule has 5 heterocycles. The maximum absolute atomic E-state index is 11.2. The molecule has 0 amide bonds. The smallest absolute Gasteiger partial charge is 0.312 e. The first-order valence-corrected chi connectivity index (χ1v) is 9.25. The summed E-state index contributed by atoms with van der Waals surface area (Å²) in [6.07, 6.45) is 1.63. The molecule has 0 aliphatic heterocycles. The summed E-state index contributed by atoms with van der Waals surface area (Å²) in [4.78, 5) is 20.6. The number of nitro groups is 1. The van der Waals surface area contributed by atoms with Gasteiger partial charge in [0.1, 0.15) is 28.3 Å². The van der Waals surface area contributed by atoms with E-state index in [1.54, 1.807) is 52.8 Å². The molecule has 0 unspecified atom stereocenters. The van der Waals surface area contributed by atoms with Crippen molar-refractivity contribution in [2.24, 2.45) is 0 Å². The van der Waals surface area contributed by atoms with E-state index >= 15 is 0 Å². The SMILES string of the molecule is Cc1nn(Cc2ccc(-c3nc4c5ccsc5ncn4n3)o2)c(C)c1[N+](=O)[O-]. The van der Waals surface area contributed by atoms with Gasteiger partial charge in [-0.1, -0.05) is 0 Å². The van der Waals surface area contributed by atoms with E-state index in [9.17, 15) is 10.1 Å². The van der Waals surface area contributed by atoms with Crippen molar-refractivity contribution < 1.29 is 9.34 Å². The number of nitrogens with zero attached hydrogens (tertiary/aromatic N) is 7. The molecule has 0 bridgehead atoms. The third-order valence-corrected chi connectivity index (χ3v) is 5.34. The lowest BCUT2D eigenvalue weighted by Crippen LogP contribution is -2.03. The van der Waals surface area contributed by atoms with Crippen molar-refractivity contribution >= 4 is 32.9 Å². The van der Waals surface area contributed by atoms with Gasteiger partial charge in [0, 0.05) is 0 Å². The lowest BCUT2D eigenvalue weighted by Gasteiger charge is -2.00. The number of hydrogen-bond donors (Lipinski definition) is 0. The summed E-state index contributed by atoms with van der Waals surface area (Å²) in [6, 6.07) is 5.54. The van der Waals surface area contributed by atoms with E-state index in [4.69, 9.17) is 4.42 Å². The highest BCUT2D eigenvalue weighted by Crippen LogP contribution is 2.26. The van der Waals surface area contributed by atoms with Crippen LogP contribution in [0.4, 0.5) is 5.69 Å². The second-order valence-electron chi connectivity index (χ2n) is 6.29. The molecule has 0 atom stereocenters. The summed E-state index contributed by atoms with van der Waals surface area (Å²) in [7, 11) is 0. The topological polar surface area (TPSA) is 117 Å². The average molecular weight is 395 g/mol. The highest BCUT2D eigenvalue weighted by Gasteiger charge is 2.22. The van der Waals surface area contributed by atoms with Crippen LogP contribution >= 0.6 is 11.3 Å². The number of hydrogen-bond acceptors (Lipinski definition) is 8. The third-order valence-electron chi connectivity index (χ3n) is 4.51. The van der Waals surface area contributed by atoms with Gasteiger partial charge in [-0.05, 0) is 37.4 Å². The third kappa shape index (κ3) is 2.47. The minimum absolute atomic E-state index is 0.0288. The number of aromatic nitrogens is 6. The number of rotatable bonds is 4. The standard InChI is InChI=1S/C17H13N7O3S/c1-9-14(24(25)26)10(2)22(20-9)7-11-3-4-13(27-11)15-19-16-12-5-6-28-17(12)18-8-23(16)21-15/h3-6,8H,7H2,1-2H3. The maximum Gasteiger partial charge on any atom is 0.312 e. The zero-order valence-corrected chi connectivity index (χ0v) is 15.7. The van der Waals surface area contributed by atoms with E-state index in [0.29, 0.717) is 34.4 Å². The van der Waals surface area contributed by atoms with Crippen molar-refractivity contribution in [1.29, 1.82) is 0 Å². The number of aryl methyl sites for hydroxylation is 1. The molecule has 0 saturated carbocycles. The Morgan fingerprint density at radius 3 is 2.89 bits per heavy atom. The lowest BCUT2D eigenvalue weighted by molar-refractivity contribution is -0.386. The van der Waals surface area contributed by atoms with Gasteiger partial charge in [0.25, 0.3) is 0 Å². The molecular weight excluding hydrogens is 382 g/mol. The van der Waals surface area contributed by atoms with Gasteiger partial charge in [0.05, 0.1) is 16.9 Å². The van der Waals surface area contributed by atoms with E-state index in [1.807, 2.05) is 11.4 Å². The quantitative estimate of drug-likeness (QED) is 0.338. The van der Waals surface area contributed by atoms with Gasteiger partial charge in [0.2, 0.25) is 5.82 Å². The number of thiophene rings is 1. The van der Waals surface area contributed by atoms with Crippen molar-refractivity contribution in [3.8, 4) is 11.6 Å². The fourth-order valence-electron chi connectivity index (χ4n) is 3.21. The zero-order chi connectivity index (χ0) is 19.4. The summed E-state index contributed by atoms with van der Waals surface area (Å²) in [5, 5.41) is 22.7. The Morgan fingerprint density at radius 1 is 1.25 bits per heavy atom. The molecule has 0 aliphatic carbocycles. The van der Waals surface area contributed by atoms with Crippen molar-refractivity contribution in [2.45, 2.75) is 20.4 Å². The van der Waals surface area contributed by atoms with Gasteiger partial charge in [-0.2, -0.15) is 5.10 Å². The molecule has 11 heteroatoms. The number of fused-ring (bicyclic) bond motifs is 3. The van der Waals surface area contributed by atoms with Crippen molar-refractivity contribution in [3.05, 3.63) is 57.2 Å². The van der Waals surface area contributed by atoms with E-state index in [2.05, 4.69) is 20.2 Å². The molecule has 0 aromatic carbocycles. The molecule has 5 aromatic rings. The van der Waals surface area contributed by atoms with Crippen LogP contribution in [0, 0.1) is 24.0 Å². The van der Waals surface area contributed by atoms with Crippen LogP contribution in [0.1, 0.15) is 17.1 Å². The van der Waals surface area contributed by atoms with Crippen LogP contribution in [0.3, 0.4) is 0 Å². The first-order chi connectivity index (χ1) is 13.5. The van der Waals surface area contributed by atoms with Crippen LogP contribution in [0.2, 0.25) is 0 Å². The van der Waals surface area contributed by atoms with Crippen LogP contribution < -0.4 is 0 Å². The summed E-state index contributed by atoms with van der Waals surface area (Å²) < 4.78 is 9.06. The Kier molecular flexibility index (Phi) is 3.52. The molecule has 0 N–H and O–H groups in total. The van der Waals surface area contributed by atoms with E-state index < -0.39 is 4.92 Å². The van der Waals surface area contributed by atoms with Gasteiger partial charge in [-0.15, -0.1) is 16.4 Å². The molecule has 28 heavy (non-hydrogen) atoms. The van der Waals surface area contributed by atoms with Gasteiger partial charge < -0.3 is 4.42 Å². The maximum atomic E-state index is 11.2. The molecule has 5 rings (SSSR count). The Balaban J connectivity index is 1.49. The Hall–Kier alpha value is -3.60. The molecule has 5 aromatic heterocycles. The Labute approximate surface area is 161 Å². The van der Waals surface area contributed by atoms with Crippen LogP contribution in [0.25, 0.3) is 27.4 Å². The first-order valence-electron chi connectivity index (χ1n) is 8.37. The molecule has 0 aliphatic rings. The fraction of sp³-hybridized carbons (Fsp3) is 0.176. The van der Waals surface area contributed by atoms with Gasteiger partial charge in [0.15, 0.2) is 11.4 Å². The minimum atomic E-state index is -0.415. The molecule has 0 fully saturated rings. The van der Waals surface area contributed by atoms with Crippen molar-refractivity contribution in [1.82, 2.24) is 29.4 Å². The second kappa shape index (κ2) is 5.96. The Bertz CT molecular complexity index is 1360. The van der Waals surface area contributed by atoms with Crippen molar-refractivity contribution in [2.75, 3.05) is 0 Å². The second-order valence-corrected chi connectivity index (χ2v) is 7.18. The van der Waals surface area contributed by atoms with E-state index in [1.165, 1.54) is 0 Å². The van der Waals surface area contributed by atoms with Gasteiger partial charge in [-0.3, -0.25) is 14.8 Å². The van der Waals surface area contributed by atoms with Crippen LogP contribution in [-0.4, -0.2) is 34.3 Å². The average Bonchev–Trinajstić information content (AvgIpc) is 3.40. The normalized spacial score (nSPS) is 11.6. The highest BCUT2D eigenvalue weighted by molar-refractivity contribution is 7.16. The summed E-state index contributed by atoms with van der Waals surface area (Å²) in [5.41, 5.74) is 1.61. The molecule has 0 spiro atoms. The van der Waals surface area contributed by atoms with Crippen LogP contribution in [0.15, 0.2) is 34.3 Å². The van der Waals surface area contributed by atoms with Crippen LogP contribution in [0.5, 0.6) is 0 Å². The van der Waals surface area contributed by atoms with Gasteiger partial charge in [-0.25, -0.2) is 14.5 Å². The zero-order valence-electron chi connectivity index (χ0n) is 14.9. The van der Waals surface area contributed by atoms with Crippen LogP contribution in [-0.2, 0) is 6.54 Å².